The number of rotatable bonds is 6. The average molecular weight is 476 g/mol. The topological polar surface area (TPSA) is 117 Å². The third-order valence-corrected chi connectivity index (χ3v) is 6.67. The highest BCUT2D eigenvalue weighted by atomic mass is 16.6. The predicted octanol–water partition coefficient (Wildman–Crippen LogP) is 3.41. The Hall–Kier alpha value is -2.81. The summed E-state index contributed by atoms with van der Waals surface area (Å²) >= 11 is 0. The SMILES string of the molecule is Cc1cc(OCC(=O)O)ccc1NC(=O)N1CCC(C(=O)OC(C)(C)C)(C2CCNCC2)CC1. The maximum atomic E-state index is 13.4. The summed E-state index contributed by atoms with van der Waals surface area (Å²) < 4.78 is 11.1. The van der Waals surface area contributed by atoms with E-state index in [0.717, 1.165) is 31.5 Å². The van der Waals surface area contributed by atoms with Crippen LogP contribution in [0.5, 0.6) is 5.75 Å². The van der Waals surface area contributed by atoms with Gasteiger partial charge in [0, 0.05) is 18.8 Å². The Bertz CT molecular complexity index is 896. The summed E-state index contributed by atoms with van der Waals surface area (Å²) in [5, 5.41) is 15.1. The van der Waals surface area contributed by atoms with E-state index in [0.29, 0.717) is 37.4 Å². The van der Waals surface area contributed by atoms with Crippen molar-refractivity contribution in [2.45, 2.75) is 59.0 Å². The lowest BCUT2D eigenvalue weighted by Gasteiger charge is -2.46. The van der Waals surface area contributed by atoms with E-state index in [-0.39, 0.29) is 17.9 Å². The highest BCUT2D eigenvalue weighted by Gasteiger charge is 2.50. The predicted molar refractivity (Wildman–Crippen MR) is 128 cm³/mol. The van der Waals surface area contributed by atoms with E-state index in [1.165, 1.54) is 0 Å². The number of nitrogens with zero attached hydrogens (tertiary/aromatic N) is 1. The minimum Gasteiger partial charge on any atom is -0.482 e. The van der Waals surface area contributed by atoms with Crippen LogP contribution >= 0.6 is 0 Å². The molecule has 0 unspecified atom stereocenters. The second-order valence-electron chi connectivity index (χ2n) is 10.3. The van der Waals surface area contributed by atoms with Crippen LogP contribution in [0.3, 0.4) is 0 Å². The molecule has 2 aliphatic heterocycles. The van der Waals surface area contributed by atoms with E-state index in [1.54, 1.807) is 23.1 Å². The highest BCUT2D eigenvalue weighted by molar-refractivity contribution is 5.90. The summed E-state index contributed by atoms with van der Waals surface area (Å²) in [4.78, 5) is 38.8. The first-order valence-corrected chi connectivity index (χ1v) is 12.0. The summed E-state index contributed by atoms with van der Waals surface area (Å²) in [5.41, 5.74) is 0.287. The van der Waals surface area contributed by atoms with Crippen molar-refractivity contribution in [3.63, 3.8) is 0 Å². The lowest BCUT2D eigenvalue weighted by Crippen LogP contribution is -2.54. The number of piperidine rings is 2. The number of carboxylic acids is 1. The van der Waals surface area contributed by atoms with E-state index >= 15 is 0 Å². The standard InChI is InChI=1S/C25H37N3O6/c1-17-15-19(33-16-21(29)30)5-6-20(17)27-23(32)28-13-9-25(10-14-28,18-7-11-26-12-8-18)22(31)34-24(2,3)4/h5-6,15,18,26H,7-14,16H2,1-4H3,(H,27,32)(H,29,30). The number of esters is 1. The van der Waals surface area contributed by atoms with Crippen LogP contribution in [-0.4, -0.2) is 66.4 Å². The van der Waals surface area contributed by atoms with Crippen LogP contribution in [0, 0.1) is 18.3 Å². The molecule has 2 fully saturated rings. The zero-order valence-electron chi connectivity index (χ0n) is 20.6. The van der Waals surface area contributed by atoms with Gasteiger partial charge in [0.1, 0.15) is 11.4 Å². The second-order valence-corrected chi connectivity index (χ2v) is 10.3. The number of anilines is 1. The number of carboxylic acid groups (broad SMARTS) is 1. The zero-order valence-corrected chi connectivity index (χ0v) is 20.6. The Morgan fingerprint density at radius 1 is 1.18 bits per heavy atom. The lowest BCUT2D eigenvalue weighted by atomic mass is 9.65. The van der Waals surface area contributed by atoms with Crippen molar-refractivity contribution in [1.82, 2.24) is 10.2 Å². The van der Waals surface area contributed by atoms with E-state index in [1.807, 2.05) is 27.7 Å². The van der Waals surface area contributed by atoms with Gasteiger partial charge < -0.3 is 30.1 Å². The van der Waals surface area contributed by atoms with Gasteiger partial charge >= 0.3 is 18.0 Å². The minimum absolute atomic E-state index is 0.139. The van der Waals surface area contributed by atoms with Gasteiger partial charge in [0.15, 0.2) is 6.61 Å². The molecule has 34 heavy (non-hydrogen) atoms. The third kappa shape index (κ3) is 6.40. The number of aliphatic carboxylic acids is 1. The first-order chi connectivity index (χ1) is 16.0. The van der Waals surface area contributed by atoms with Crippen molar-refractivity contribution >= 4 is 23.7 Å². The molecule has 0 bridgehead atoms. The molecule has 0 spiro atoms. The van der Waals surface area contributed by atoms with Gasteiger partial charge in [0.25, 0.3) is 0 Å². The van der Waals surface area contributed by atoms with Crippen LogP contribution in [0.25, 0.3) is 0 Å². The molecular formula is C25H37N3O6. The first kappa shape index (κ1) is 25.8. The summed E-state index contributed by atoms with van der Waals surface area (Å²) in [6, 6.07) is 4.81. The number of hydrogen-bond acceptors (Lipinski definition) is 6. The van der Waals surface area contributed by atoms with Crippen LogP contribution < -0.4 is 15.4 Å². The van der Waals surface area contributed by atoms with Crippen molar-refractivity contribution in [2.24, 2.45) is 11.3 Å². The molecule has 3 rings (SSSR count). The van der Waals surface area contributed by atoms with Crippen LogP contribution in [0.4, 0.5) is 10.5 Å². The van der Waals surface area contributed by atoms with E-state index in [2.05, 4.69) is 10.6 Å². The molecular weight excluding hydrogens is 438 g/mol. The molecule has 0 atom stereocenters. The number of benzene rings is 1. The van der Waals surface area contributed by atoms with E-state index < -0.39 is 23.6 Å². The quantitative estimate of drug-likeness (QED) is 0.540. The monoisotopic (exact) mass is 475 g/mol. The molecule has 3 N–H and O–H groups in total. The number of ether oxygens (including phenoxy) is 2. The molecule has 0 saturated carbocycles. The molecule has 9 heteroatoms. The molecule has 0 radical (unpaired) electrons. The molecule has 1 aromatic rings. The minimum atomic E-state index is -1.05. The van der Waals surface area contributed by atoms with Gasteiger partial charge in [-0.15, -0.1) is 0 Å². The molecule has 0 aromatic heterocycles. The van der Waals surface area contributed by atoms with Crippen molar-refractivity contribution in [1.29, 1.82) is 0 Å². The van der Waals surface area contributed by atoms with Gasteiger partial charge in [0.2, 0.25) is 0 Å². The molecule has 1 aromatic carbocycles. The van der Waals surface area contributed by atoms with Crippen LogP contribution in [0.15, 0.2) is 18.2 Å². The van der Waals surface area contributed by atoms with Gasteiger partial charge in [-0.05, 0) is 96.1 Å². The average Bonchev–Trinajstić information content (AvgIpc) is 2.78. The second kappa shape index (κ2) is 10.6. The normalized spacial score (nSPS) is 18.8. The Labute approximate surface area is 201 Å². The van der Waals surface area contributed by atoms with Crippen LogP contribution in [0.2, 0.25) is 0 Å². The van der Waals surface area contributed by atoms with Gasteiger partial charge in [-0.1, -0.05) is 0 Å². The number of likely N-dealkylation sites (tertiary alicyclic amines) is 1. The number of carbonyl (C=O) groups is 3. The molecule has 2 amide bonds. The number of aryl methyl sites for hydroxylation is 1. The number of hydrogen-bond donors (Lipinski definition) is 3. The number of amides is 2. The Balaban J connectivity index is 1.65. The van der Waals surface area contributed by atoms with E-state index in [9.17, 15) is 14.4 Å². The van der Waals surface area contributed by atoms with Gasteiger partial charge in [-0.3, -0.25) is 4.79 Å². The fraction of sp³-hybridized carbons (Fsp3) is 0.640. The highest BCUT2D eigenvalue weighted by Crippen LogP contribution is 2.45. The van der Waals surface area contributed by atoms with E-state index in [4.69, 9.17) is 14.6 Å². The Morgan fingerprint density at radius 2 is 1.82 bits per heavy atom. The molecule has 0 aliphatic carbocycles. The van der Waals surface area contributed by atoms with Crippen molar-refractivity contribution in [3.8, 4) is 5.75 Å². The van der Waals surface area contributed by atoms with Gasteiger partial charge in [0.05, 0.1) is 5.41 Å². The maximum Gasteiger partial charge on any atom is 0.341 e. The largest absolute Gasteiger partial charge is 0.482 e. The van der Waals surface area contributed by atoms with Gasteiger partial charge in [-0.2, -0.15) is 0 Å². The lowest BCUT2D eigenvalue weighted by molar-refractivity contribution is -0.176. The Morgan fingerprint density at radius 3 is 2.38 bits per heavy atom. The summed E-state index contributed by atoms with van der Waals surface area (Å²) in [6.07, 6.45) is 3.03. The molecule has 2 heterocycles. The summed E-state index contributed by atoms with van der Waals surface area (Å²) in [7, 11) is 0. The van der Waals surface area contributed by atoms with Crippen molar-refractivity contribution < 1.29 is 29.0 Å². The zero-order chi connectivity index (χ0) is 24.9. The van der Waals surface area contributed by atoms with Crippen LogP contribution in [0.1, 0.15) is 52.0 Å². The fourth-order valence-corrected chi connectivity index (χ4v) is 4.85. The smallest absolute Gasteiger partial charge is 0.341 e. The molecule has 9 nitrogen and oxygen atoms in total. The molecule has 2 aliphatic rings. The third-order valence-electron chi connectivity index (χ3n) is 6.67. The Kier molecular flexibility index (Phi) is 8.07. The number of nitrogens with one attached hydrogen (secondary N) is 2. The molecule has 188 valence electrons. The number of urea groups is 1. The fourth-order valence-electron chi connectivity index (χ4n) is 4.85. The molecule has 2 saturated heterocycles. The number of carbonyl (C=O) groups excluding carboxylic acids is 2. The summed E-state index contributed by atoms with van der Waals surface area (Å²) in [5.74, 6) is -0.513. The summed E-state index contributed by atoms with van der Waals surface area (Å²) in [6.45, 7) is 9.83. The van der Waals surface area contributed by atoms with Crippen LogP contribution in [-0.2, 0) is 14.3 Å². The van der Waals surface area contributed by atoms with Crippen molar-refractivity contribution in [3.05, 3.63) is 23.8 Å². The van der Waals surface area contributed by atoms with Crippen molar-refractivity contribution in [2.75, 3.05) is 38.1 Å². The maximum absolute atomic E-state index is 13.4. The first-order valence-electron chi connectivity index (χ1n) is 12.0. The van der Waals surface area contributed by atoms with Gasteiger partial charge in [-0.25, -0.2) is 9.59 Å².